The minimum absolute atomic E-state index is 0.0526. The average Bonchev–Trinajstić information content (AvgIpc) is 3.45. The highest BCUT2D eigenvalue weighted by atomic mass is 35.5. The summed E-state index contributed by atoms with van der Waals surface area (Å²) >= 11 is 7.96. The minimum atomic E-state index is -0.702. The molecule has 174 valence electrons. The quantitative estimate of drug-likeness (QED) is 0.435. The predicted octanol–water partition coefficient (Wildman–Crippen LogP) is 5.78. The van der Waals surface area contributed by atoms with Crippen LogP contribution >= 0.6 is 22.9 Å². The van der Waals surface area contributed by atoms with Crippen LogP contribution in [0, 0.1) is 5.92 Å². The van der Waals surface area contributed by atoms with Gasteiger partial charge in [-0.05, 0) is 62.6 Å². The summed E-state index contributed by atoms with van der Waals surface area (Å²) in [5, 5.41) is 20.4. The van der Waals surface area contributed by atoms with Crippen molar-refractivity contribution in [3.8, 4) is 26.9 Å². The number of hydrogen-bond acceptors (Lipinski definition) is 6. The highest BCUT2D eigenvalue weighted by Crippen LogP contribution is 2.36. The van der Waals surface area contributed by atoms with E-state index in [1.165, 1.54) is 22.5 Å². The van der Waals surface area contributed by atoms with Gasteiger partial charge in [0, 0.05) is 24.2 Å². The Balaban J connectivity index is 1.57. The van der Waals surface area contributed by atoms with E-state index in [1.54, 1.807) is 0 Å². The van der Waals surface area contributed by atoms with E-state index in [4.69, 9.17) is 16.3 Å². The third kappa shape index (κ3) is 5.37. The van der Waals surface area contributed by atoms with Gasteiger partial charge in [0.05, 0.1) is 17.0 Å². The number of ether oxygens (including phenoxy) is 1. The molecule has 0 spiro atoms. The third-order valence-corrected chi connectivity index (χ3v) is 7.14. The molecule has 2 heterocycles. The molecule has 1 aliphatic rings. The first kappa shape index (κ1) is 23.7. The van der Waals surface area contributed by atoms with E-state index < -0.39 is 5.97 Å². The Kier molecular flexibility index (Phi) is 7.32. The van der Waals surface area contributed by atoms with Crippen molar-refractivity contribution in [1.82, 2.24) is 15.1 Å². The summed E-state index contributed by atoms with van der Waals surface area (Å²) in [5.74, 6) is -0.312. The molecule has 1 fully saturated rings. The highest BCUT2D eigenvalue weighted by molar-refractivity contribution is 7.17. The molecular weight excluding hydrogens is 458 g/mol. The van der Waals surface area contributed by atoms with Crippen LogP contribution in [0.15, 0.2) is 36.4 Å². The molecule has 1 atom stereocenters. The molecule has 0 bridgehead atoms. The van der Waals surface area contributed by atoms with Crippen LogP contribution in [0.2, 0.25) is 5.02 Å². The first-order valence-corrected chi connectivity index (χ1v) is 12.4. The number of aromatic nitrogens is 2. The SMILES string of the molecule is CCc1c(CN2CC[C@H](C(=O)O)C2)cccc1-c1nnc(-c2ccc(OC(C)C)c(Cl)c2)s1. The molecule has 1 aromatic heterocycles. The fraction of sp³-hybridized carbons (Fsp3) is 0.400. The van der Waals surface area contributed by atoms with Gasteiger partial charge in [0.15, 0.2) is 0 Å². The molecule has 0 saturated carbocycles. The molecule has 6 nitrogen and oxygen atoms in total. The van der Waals surface area contributed by atoms with E-state index in [1.807, 2.05) is 38.1 Å². The Morgan fingerprint density at radius 3 is 2.73 bits per heavy atom. The van der Waals surface area contributed by atoms with Gasteiger partial charge in [-0.2, -0.15) is 0 Å². The van der Waals surface area contributed by atoms with E-state index in [-0.39, 0.29) is 12.0 Å². The number of rotatable bonds is 8. The van der Waals surface area contributed by atoms with Crippen molar-refractivity contribution in [2.45, 2.75) is 46.3 Å². The lowest BCUT2D eigenvalue weighted by Gasteiger charge is -2.19. The maximum atomic E-state index is 11.3. The van der Waals surface area contributed by atoms with Gasteiger partial charge in [0.25, 0.3) is 0 Å². The summed E-state index contributed by atoms with van der Waals surface area (Å²) in [6, 6.07) is 12.0. The van der Waals surface area contributed by atoms with Crippen LogP contribution in [0.4, 0.5) is 0 Å². The summed E-state index contributed by atoms with van der Waals surface area (Å²) < 4.78 is 5.73. The fourth-order valence-electron chi connectivity index (χ4n) is 4.25. The lowest BCUT2D eigenvalue weighted by Crippen LogP contribution is -2.23. The second-order valence-electron chi connectivity index (χ2n) is 8.58. The number of halogens is 1. The van der Waals surface area contributed by atoms with Crippen LogP contribution in [0.3, 0.4) is 0 Å². The highest BCUT2D eigenvalue weighted by Gasteiger charge is 2.28. The smallest absolute Gasteiger partial charge is 0.307 e. The number of carboxylic acid groups (broad SMARTS) is 1. The van der Waals surface area contributed by atoms with Crippen LogP contribution in [0.1, 0.15) is 38.3 Å². The van der Waals surface area contributed by atoms with Gasteiger partial charge in [-0.1, -0.05) is 48.1 Å². The topological polar surface area (TPSA) is 75.6 Å². The average molecular weight is 486 g/mol. The Labute approximate surface area is 203 Å². The summed E-state index contributed by atoms with van der Waals surface area (Å²) in [5.41, 5.74) is 4.44. The Morgan fingerprint density at radius 1 is 1.27 bits per heavy atom. The van der Waals surface area contributed by atoms with Crippen molar-refractivity contribution in [3.63, 3.8) is 0 Å². The molecule has 0 amide bonds. The number of aliphatic carboxylic acids is 1. The Hall–Kier alpha value is -2.48. The Morgan fingerprint density at radius 2 is 2.06 bits per heavy atom. The molecule has 4 rings (SSSR count). The fourth-order valence-corrected chi connectivity index (χ4v) is 5.37. The minimum Gasteiger partial charge on any atom is -0.489 e. The molecule has 0 unspecified atom stereocenters. The number of carbonyl (C=O) groups is 1. The van der Waals surface area contributed by atoms with Gasteiger partial charge in [-0.15, -0.1) is 10.2 Å². The number of hydrogen-bond donors (Lipinski definition) is 1. The van der Waals surface area contributed by atoms with Crippen LogP contribution in [0.5, 0.6) is 5.75 Å². The van der Waals surface area contributed by atoms with E-state index in [2.05, 4.69) is 34.2 Å². The normalized spacial score (nSPS) is 16.5. The van der Waals surface area contributed by atoms with E-state index >= 15 is 0 Å². The van der Waals surface area contributed by atoms with E-state index in [0.29, 0.717) is 23.7 Å². The molecule has 8 heteroatoms. The molecule has 2 aromatic carbocycles. The zero-order chi connectivity index (χ0) is 23.5. The molecule has 0 radical (unpaired) electrons. The lowest BCUT2D eigenvalue weighted by atomic mass is 9.98. The van der Waals surface area contributed by atoms with Crippen LogP contribution in [0.25, 0.3) is 21.1 Å². The second kappa shape index (κ2) is 10.2. The maximum absolute atomic E-state index is 11.3. The van der Waals surface area contributed by atoms with Gasteiger partial charge in [-0.25, -0.2) is 0 Å². The first-order valence-electron chi connectivity index (χ1n) is 11.2. The summed E-state index contributed by atoms with van der Waals surface area (Å²) in [6.07, 6.45) is 1.63. The first-order chi connectivity index (χ1) is 15.9. The van der Waals surface area contributed by atoms with E-state index in [0.717, 1.165) is 40.7 Å². The summed E-state index contributed by atoms with van der Waals surface area (Å²) in [7, 11) is 0. The number of likely N-dealkylation sites (tertiary alicyclic amines) is 1. The molecular formula is C25H28ClN3O3S. The molecule has 0 aliphatic carbocycles. The monoisotopic (exact) mass is 485 g/mol. The van der Waals surface area contributed by atoms with Crippen molar-refractivity contribution in [2.24, 2.45) is 5.92 Å². The van der Waals surface area contributed by atoms with Gasteiger partial charge in [0.2, 0.25) is 0 Å². The van der Waals surface area contributed by atoms with Crippen molar-refractivity contribution in [2.75, 3.05) is 13.1 Å². The van der Waals surface area contributed by atoms with Crippen molar-refractivity contribution < 1.29 is 14.6 Å². The number of nitrogens with zero attached hydrogens (tertiary/aromatic N) is 3. The van der Waals surface area contributed by atoms with Gasteiger partial charge >= 0.3 is 5.97 Å². The molecule has 33 heavy (non-hydrogen) atoms. The largest absolute Gasteiger partial charge is 0.489 e. The predicted molar refractivity (Wildman–Crippen MR) is 132 cm³/mol. The maximum Gasteiger partial charge on any atom is 0.307 e. The van der Waals surface area contributed by atoms with Crippen LogP contribution < -0.4 is 4.74 Å². The molecule has 1 aliphatic heterocycles. The molecule has 3 aromatic rings. The van der Waals surface area contributed by atoms with Crippen LogP contribution in [-0.4, -0.2) is 45.4 Å². The number of benzene rings is 2. The third-order valence-electron chi connectivity index (χ3n) is 5.84. The van der Waals surface area contributed by atoms with Gasteiger partial charge in [-0.3, -0.25) is 9.69 Å². The molecule has 1 N–H and O–H groups in total. The molecule has 1 saturated heterocycles. The summed E-state index contributed by atoms with van der Waals surface area (Å²) in [4.78, 5) is 13.5. The van der Waals surface area contributed by atoms with Crippen molar-refractivity contribution in [3.05, 3.63) is 52.5 Å². The zero-order valence-corrected chi connectivity index (χ0v) is 20.6. The zero-order valence-electron chi connectivity index (χ0n) is 19.0. The second-order valence-corrected chi connectivity index (χ2v) is 9.96. The van der Waals surface area contributed by atoms with Gasteiger partial charge < -0.3 is 9.84 Å². The summed E-state index contributed by atoms with van der Waals surface area (Å²) in [6.45, 7) is 8.23. The van der Waals surface area contributed by atoms with Crippen molar-refractivity contribution in [1.29, 1.82) is 0 Å². The Bertz CT molecular complexity index is 1150. The van der Waals surface area contributed by atoms with Gasteiger partial charge in [0.1, 0.15) is 15.8 Å². The van der Waals surface area contributed by atoms with E-state index in [9.17, 15) is 9.90 Å². The van der Waals surface area contributed by atoms with Crippen molar-refractivity contribution >= 4 is 28.9 Å². The van der Waals surface area contributed by atoms with Crippen LogP contribution in [-0.2, 0) is 17.8 Å². The lowest BCUT2D eigenvalue weighted by molar-refractivity contribution is -0.141. The number of carboxylic acids is 1. The standard InChI is InChI=1S/C25H28ClN3O3S/c1-4-19-17(13-29-11-10-18(14-29)25(30)31)6-5-7-20(19)24-28-27-23(33-24)16-8-9-22(21(26)12-16)32-15(2)3/h5-9,12,15,18H,4,10-11,13-14H2,1-3H3,(H,30,31)/t18-/m0/s1.